The van der Waals surface area contributed by atoms with Crippen LogP contribution in [0.1, 0.15) is 35.7 Å². The Morgan fingerprint density at radius 1 is 1.23 bits per heavy atom. The van der Waals surface area contributed by atoms with E-state index in [2.05, 4.69) is 10.6 Å². The lowest BCUT2D eigenvalue weighted by Gasteiger charge is -2.28. The molecule has 208 valence electrons. The molecule has 2 heterocycles. The molecule has 2 aromatic rings. The molecule has 2 aliphatic rings. The number of alkyl halides is 2. The zero-order valence-electron chi connectivity index (χ0n) is 20.9. The third kappa shape index (κ3) is 6.82. The Kier molecular flexibility index (Phi) is 8.36. The van der Waals surface area contributed by atoms with E-state index in [9.17, 15) is 28.0 Å². The van der Waals surface area contributed by atoms with Crippen LogP contribution in [0.3, 0.4) is 0 Å². The summed E-state index contributed by atoms with van der Waals surface area (Å²) in [5.41, 5.74) is 6.81. The first-order valence-corrected chi connectivity index (χ1v) is 12.5. The van der Waals surface area contributed by atoms with E-state index in [4.69, 9.17) is 26.8 Å². The summed E-state index contributed by atoms with van der Waals surface area (Å²) in [7, 11) is 0. The van der Waals surface area contributed by atoms with Gasteiger partial charge >= 0.3 is 5.97 Å². The molecular weight excluding hydrogens is 538 g/mol. The van der Waals surface area contributed by atoms with Crippen molar-refractivity contribution in [3.05, 3.63) is 64.7 Å². The molecule has 4 atom stereocenters. The molecule has 0 aliphatic carbocycles. The van der Waals surface area contributed by atoms with E-state index in [1.807, 2.05) is 6.07 Å². The molecule has 13 heteroatoms. The molecule has 2 fully saturated rings. The van der Waals surface area contributed by atoms with Gasteiger partial charge in [-0.25, -0.2) is 8.78 Å². The van der Waals surface area contributed by atoms with Crippen LogP contribution in [0.4, 0.5) is 14.5 Å². The fourth-order valence-corrected chi connectivity index (χ4v) is 4.56. The van der Waals surface area contributed by atoms with Gasteiger partial charge in [-0.1, -0.05) is 41.9 Å². The lowest BCUT2D eigenvalue weighted by Crippen LogP contribution is -2.54. The molecule has 0 radical (unpaired) electrons. The van der Waals surface area contributed by atoms with Gasteiger partial charge in [0.25, 0.3) is 11.8 Å². The minimum absolute atomic E-state index is 0.0910. The fourth-order valence-electron chi connectivity index (χ4n) is 4.38. The van der Waals surface area contributed by atoms with Gasteiger partial charge in [0.05, 0.1) is 30.3 Å². The minimum Gasteiger partial charge on any atom is -0.433 e. The average Bonchev–Trinajstić information content (AvgIpc) is 3.42. The number of esters is 1. The number of likely N-dealkylation sites (tertiary alicyclic amines) is 1. The second kappa shape index (κ2) is 11.5. The number of nitrogens with one attached hydrogen (secondary N) is 2. The number of hydrogen-bond donors (Lipinski definition) is 3. The quantitative estimate of drug-likeness (QED) is 0.330. The first-order valence-electron chi connectivity index (χ1n) is 12.1. The number of amides is 3. The van der Waals surface area contributed by atoms with Gasteiger partial charge in [-0.05, 0) is 30.7 Å². The van der Waals surface area contributed by atoms with Crippen LogP contribution in [0, 0.1) is 0 Å². The summed E-state index contributed by atoms with van der Waals surface area (Å²) in [5.74, 6) is -6.40. The van der Waals surface area contributed by atoms with Crippen molar-refractivity contribution in [3.63, 3.8) is 0 Å². The summed E-state index contributed by atoms with van der Waals surface area (Å²) in [6, 6.07) is 9.45. The number of carbonyl (C=O) groups is 4. The molecule has 39 heavy (non-hydrogen) atoms. The van der Waals surface area contributed by atoms with E-state index in [1.54, 1.807) is 24.3 Å². The zero-order chi connectivity index (χ0) is 28.3. The number of benzene rings is 2. The third-order valence-corrected chi connectivity index (χ3v) is 6.71. The Hall–Kier alpha value is -3.77. The Morgan fingerprint density at radius 2 is 1.95 bits per heavy atom. The minimum atomic E-state index is -3.34. The van der Waals surface area contributed by atoms with Gasteiger partial charge in [-0.2, -0.15) is 0 Å². The van der Waals surface area contributed by atoms with Gasteiger partial charge in [0, 0.05) is 12.0 Å². The predicted molar refractivity (Wildman–Crippen MR) is 136 cm³/mol. The number of ether oxygens (including phenoxy) is 2. The van der Waals surface area contributed by atoms with Gasteiger partial charge < -0.3 is 30.7 Å². The third-order valence-electron chi connectivity index (χ3n) is 6.38. The second-order valence-corrected chi connectivity index (χ2v) is 9.85. The van der Waals surface area contributed by atoms with Crippen LogP contribution in [-0.2, 0) is 30.5 Å². The second-order valence-electron chi connectivity index (χ2n) is 9.45. The van der Waals surface area contributed by atoms with Crippen molar-refractivity contribution < 1.29 is 37.4 Å². The molecule has 4 N–H and O–H groups in total. The highest BCUT2D eigenvalue weighted by Crippen LogP contribution is 2.33. The fraction of sp³-hybridized carbons (Fsp3) is 0.385. The Balaban J connectivity index is 1.41. The van der Waals surface area contributed by atoms with Crippen molar-refractivity contribution in [2.75, 3.05) is 12.3 Å². The van der Waals surface area contributed by atoms with Gasteiger partial charge in [0.15, 0.2) is 0 Å². The molecule has 0 unspecified atom stereocenters. The summed E-state index contributed by atoms with van der Waals surface area (Å²) in [4.78, 5) is 51.4. The van der Waals surface area contributed by atoms with Crippen LogP contribution in [0.15, 0.2) is 48.5 Å². The van der Waals surface area contributed by atoms with Crippen LogP contribution in [0.25, 0.3) is 0 Å². The lowest BCUT2D eigenvalue weighted by atomic mass is 10.1. The number of hydrogen-bond acceptors (Lipinski definition) is 7. The molecule has 0 spiro atoms. The zero-order valence-corrected chi connectivity index (χ0v) is 21.6. The molecule has 2 aliphatic heterocycles. The molecule has 0 saturated carbocycles. The number of rotatable bonds is 8. The van der Waals surface area contributed by atoms with Crippen LogP contribution in [0.5, 0.6) is 0 Å². The maximum Gasteiger partial charge on any atom is 0.310 e. The molecule has 4 rings (SSSR count). The maximum absolute atomic E-state index is 14.4. The van der Waals surface area contributed by atoms with Gasteiger partial charge in [0.2, 0.25) is 18.1 Å². The van der Waals surface area contributed by atoms with Gasteiger partial charge in [0.1, 0.15) is 18.1 Å². The largest absolute Gasteiger partial charge is 0.433 e. The Morgan fingerprint density at radius 3 is 2.64 bits per heavy atom. The van der Waals surface area contributed by atoms with Crippen molar-refractivity contribution in [3.8, 4) is 0 Å². The molecule has 0 aromatic heterocycles. The highest BCUT2D eigenvalue weighted by Gasteiger charge is 2.51. The van der Waals surface area contributed by atoms with Crippen LogP contribution < -0.4 is 16.4 Å². The smallest absolute Gasteiger partial charge is 0.310 e. The number of anilines is 1. The van der Waals surface area contributed by atoms with Crippen molar-refractivity contribution >= 4 is 41.0 Å². The number of carbonyl (C=O) groups excluding carboxylic acids is 4. The molecule has 0 bridgehead atoms. The average molecular weight is 565 g/mol. The van der Waals surface area contributed by atoms with E-state index in [0.717, 1.165) is 10.5 Å². The Bertz CT molecular complexity index is 1260. The normalized spacial score (nSPS) is 22.7. The maximum atomic E-state index is 14.4. The van der Waals surface area contributed by atoms with E-state index < -0.39 is 67.0 Å². The number of cyclic esters (lactones) is 1. The lowest BCUT2D eigenvalue weighted by molar-refractivity contribution is -0.168. The molecular formula is C26H27ClF2N4O6. The summed E-state index contributed by atoms with van der Waals surface area (Å²) in [6.07, 6.45) is -2.27. The molecule has 2 saturated heterocycles. The van der Waals surface area contributed by atoms with E-state index in [1.165, 1.54) is 25.1 Å². The molecule has 3 amide bonds. The first-order chi connectivity index (χ1) is 18.4. The number of nitrogen functional groups attached to an aromatic ring is 1. The predicted octanol–water partition coefficient (Wildman–Crippen LogP) is 2.25. The Labute approximate surface area is 227 Å². The van der Waals surface area contributed by atoms with Gasteiger partial charge in [-0.3, -0.25) is 19.2 Å². The number of nitrogens with zero attached hydrogens (tertiary/aromatic N) is 1. The molecule has 2 aromatic carbocycles. The summed E-state index contributed by atoms with van der Waals surface area (Å²) >= 11 is 5.94. The first kappa shape index (κ1) is 28.2. The van der Waals surface area contributed by atoms with E-state index in [-0.39, 0.29) is 29.3 Å². The monoisotopic (exact) mass is 564 g/mol. The van der Waals surface area contributed by atoms with Crippen molar-refractivity contribution in [2.45, 2.75) is 56.7 Å². The van der Waals surface area contributed by atoms with Crippen LogP contribution >= 0.6 is 11.6 Å². The standard InChI is InChI=1S/C26H27ClF2N4O6/c1-14(31-22(35)16-7-8-18(30)17(27)9-16)24(37)33-13-26(28,29)11-20(33)23(36)32-19-10-21(34)39-25(19)38-12-15-5-3-2-4-6-15/h2-9,14,19-20,25H,10-13,30H2,1H3,(H,31,35)(H,32,36)/t14-,19-,20-,25+/m0/s1. The summed E-state index contributed by atoms with van der Waals surface area (Å²) in [5, 5.41) is 5.10. The molecule has 10 nitrogen and oxygen atoms in total. The van der Waals surface area contributed by atoms with Crippen molar-refractivity contribution in [1.29, 1.82) is 0 Å². The van der Waals surface area contributed by atoms with Crippen LogP contribution in [-0.4, -0.2) is 65.5 Å². The van der Waals surface area contributed by atoms with Crippen molar-refractivity contribution in [2.24, 2.45) is 0 Å². The number of nitrogens with two attached hydrogens (primary N) is 1. The summed E-state index contributed by atoms with van der Waals surface area (Å²) in [6.45, 7) is 0.404. The van der Waals surface area contributed by atoms with E-state index >= 15 is 0 Å². The van der Waals surface area contributed by atoms with Crippen LogP contribution in [0.2, 0.25) is 5.02 Å². The van der Waals surface area contributed by atoms with Crippen molar-refractivity contribution in [1.82, 2.24) is 15.5 Å². The highest BCUT2D eigenvalue weighted by molar-refractivity contribution is 6.33. The highest BCUT2D eigenvalue weighted by atomic mass is 35.5. The van der Waals surface area contributed by atoms with E-state index in [0.29, 0.717) is 0 Å². The topological polar surface area (TPSA) is 140 Å². The SMILES string of the molecule is C[C@H](NC(=O)c1ccc(N)c(Cl)c1)C(=O)N1CC(F)(F)C[C@H]1C(=O)N[C@H]1CC(=O)O[C@H]1OCc1ccccc1. The number of halogens is 3. The summed E-state index contributed by atoms with van der Waals surface area (Å²) < 4.78 is 39.6. The van der Waals surface area contributed by atoms with Gasteiger partial charge in [-0.15, -0.1) is 0 Å².